The van der Waals surface area contributed by atoms with Gasteiger partial charge in [-0.1, -0.05) is 25.2 Å². The van der Waals surface area contributed by atoms with Crippen LogP contribution in [-0.2, 0) is 0 Å². The first-order valence-corrected chi connectivity index (χ1v) is 4.30. The molecule has 0 aromatic rings. The van der Waals surface area contributed by atoms with Gasteiger partial charge in [0, 0.05) is 0 Å². The Morgan fingerprint density at radius 2 is 2.45 bits per heavy atom. The average Bonchev–Trinajstić information content (AvgIpc) is 2.05. The van der Waals surface area contributed by atoms with E-state index in [1.54, 1.807) is 0 Å². The molecule has 1 heteroatoms. The molecule has 1 N–H and O–H groups in total. The van der Waals surface area contributed by atoms with Crippen molar-refractivity contribution in [2.45, 2.75) is 32.8 Å². The van der Waals surface area contributed by atoms with Crippen molar-refractivity contribution in [2.24, 2.45) is 5.92 Å². The highest BCUT2D eigenvalue weighted by molar-refractivity contribution is 5.26. The lowest BCUT2D eigenvalue weighted by Gasteiger charge is -2.15. The summed E-state index contributed by atoms with van der Waals surface area (Å²) < 4.78 is 0. The Kier molecular flexibility index (Phi) is 2.89. The SMILES string of the molecule is CCC1C=CC(C(C)O)=CC1. The van der Waals surface area contributed by atoms with E-state index in [0.29, 0.717) is 5.92 Å². The van der Waals surface area contributed by atoms with Gasteiger partial charge in [0.05, 0.1) is 6.10 Å². The molecule has 0 saturated carbocycles. The highest BCUT2D eigenvalue weighted by atomic mass is 16.3. The number of aliphatic hydroxyl groups is 1. The van der Waals surface area contributed by atoms with E-state index in [4.69, 9.17) is 0 Å². The van der Waals surface area contributed by atoms with Gasteiger partial charge in [0.25, 0.3) is 0 Å². The monoisotopic (exact) mass is 152 g/mol. The lowest BCUT2D eigenvalue weighted by molar-refractivity contribution is 0.234. The van der Waals surface area contributed by atoms with Crippen LogP contribution in [0.15, 0.2) is 23.8 Å². The average molecular weight is 152 g/mol. The van der Waals surface area contributed by atoms with Gasteiger partial charge in [0.1, 0.15) is 0 Å². The predicted molar refractivity (Wildman–Crippen MR) is 47.3 cm³/mol. The standard InChI is InChI=1S/C10H16O/c1-3-9-4-6-10(7-5-9)8(2)11/h4,6-9,11H,3,5H2,1-2H3. The van der Waals surface area contributed by atoms with E-state index in [2.05, 4.69) is 19.1 Å². The summed E-state index contributed by atoms with van der Waals surface area (Å²) in [5, 5.41) is 9.22. The molecule has 0 aliphatic heterocycles. The second-order valence-corrected chi connectivity index (χ2v) is 3.14. The second-order valence-electron chi connectivity index (χ2n) is 3.14. The molecule has 62 valence electrons. The largest absolute Gasteiger partial charge is 0.389 e. The molecular formula is C10H16O. The molecule has 0 aromatic carbocycles. The Morgan fingerprint density at radius 3 is 2.82 bits per heavy atom. The Morgan fingerprint density at radius 1 is 1.73 bits per heavy atom. The summed E-state index contributed by atoms with van der Waals surface area (Å²) in [5.41, 5.74) is 1.06. The second kappa shape index (κ2) is 3.72. The third kappa shape index (κ3) is 2.19. The molecule has 0 fully saturated rings. The molecular weight excluding hydrogens is 136 g/mol. The summed E-state index contributed by atoms with van der Waals surface area (Å²) in [6.45, 7) is 4.00. The van der Waals surface area contributed by atoms with Crippen LogP contribution in [0, 0.1) is 5.92 Å². The van der Waals surface area contributed by atoms with Crippen molar-refractivity contribution in [1.82, 2.24) is 0 Å². The van der Waals surface area contributed by atoms with Crippen molar-refractivity contribution in [3.05, 3.63) is 23.8 Å². The van der Waals surface area contributed by atoms with Crippen LogP contribution in [-0.4, -0.2) is 11.2 Å². The van der Waals surface area contributed by atoms with Gasteiger partial charge in [-0.2, -0.15) is 0 Å². The molecule has 1 aliphatic carbocycles. The fraction of sp³-hybridized carbons (Fsp3) is 0.600. The highest BCUT2D eigenvalue weighted by Gasteiger charge is 2.08. The number of aliphatic hydroxyl groups excluding tert-OH is 1. The zero-order chi connectivity index (χ0) is 8.27. The van der Waals surface area contributed by atoms with Crippen molar-refractivity contribution in [3.8, 4) is 0 Å². The number of rotatable bonds is 2. The fourth-order valence-electron chi connectivity index (χ4n) is 1.29. The van der Waals surface area contributed by atoms with Crippen LogP contribution in [0.3, 0.4) is 0 Å². The molecule has 0 radical (unpaired) electrons. The van der Waals surface area contributed by atoms with Gasteiger partial charge >= 0.3 is 0 Å². The Balaban J connectivity index is 2.53. The van der Waals surface area contributed by atoms with Crippen molar-refractivity contribution < 1.29 is 5.11 Å². The van der Waals surface area contributed by atoms with Gasteiger partial charge in [-0.15, -0.1) is 0 Å². The summed E-state index contributed by atoms with van der Waals surface area (Å²) in [6.07, 6.45) is 8.36. The predicted octanol–water partition coefficient (Wildman–Crippen LogP) is 2.28. The van der Waals surface area contributed by atoms with E-state index in [0.717, 1.165) is 12.0 Å². The van der Waals surface area contributed by atoms with Crippen LogP contribution in [0.5, 0.6) is 0 Å². The van der Waals surface area contributed by atoms with Crippen LogP contribution < -0.4 is 0 Å². The summed E-state index contributed by atoms with van der Waals surface area (Å²) in [5.74, 6) is 0.692. The van der Waals surface area contributed by atoms with Gasteiger partial charge in [0.2, 0.25) is 0 Å². The molecule has 11 heavy (non-hydrogen) atoms. The maximum Gasteiger partial charge on any atom is 0.0758 e. The third-order valence-corrected chi connectivity index (χ3v) is 2.22. The minimum absolute atomic E-state index is 0.302. The molecule has 0 spiro atoms. The van der Waals surface area contributed by atoms with E-state index < -0.39 is 0 Å². The highest BCUT2D eigenvalue weighted by Crippen LogP contribution is 2.20. The van der Waals surface area contributed by atoms with Gasteiger partial charge in [-0.05, 0) is 31.3 Å². The first kappa shape index (κ1) is 8.54. The lowest BCUT2D eigenvalue weighted by atomic mass is 9.93. The molecule has 0 heterocycles. The molecule has 0 amide bonds. The van der Waals surface area contributed by atoms with Crippen molar-refractivity contribution >= 4 is 0 Å². The van der Waals surface area contributed by atoms with E-state index in [9.17, 15) is 5.11 Å². The maximum atomic E-state index is 9.22. The van der Waals surface area contributed by atoms with Crippen LogP contribution in [0.25, 0.3) is 0 Å². The van der Waals surface area contributed by atoms with Gasteiger partial charge in [-0.25, -0.2) is 0 Å². The Labute approximate surface area is 68.4 Å². The van der Waals surface area contributed by atoms with Crippen molar-refractivity contribution in [2.75, 3.05) is 0 Å². The third-order valence-electron chi connectivity index (χ3n) is 2.22. The molecule has 2 unspecified atom stereocenters. The zero-order valence-corrected chi connectivity index (χ0v) is 7.25. The van der Waals surface area contributed by atoms with Crippen molar-refractivity contribution in [1.29, 1.82) is 0 Å². The van der Waals surface area contributed by atoms with Crippen LogP contribution in [0.2, 0.25) is 0 Å². The zero-order valence-electron chi connectivity index (χ0n) is 7.25. The maximum absolute atomic E-state index is 9.22. The number of allylic oxidation sites excluding steroid dienone is 2. The smallest absolute Gasteiger partial charge is 0.0758 e. The lowest BCUT2D eigenvalue weighted by Crippen LogP contribution is -2.07. The molecule has 0 aromatic heterocycles. The summed E-state index contributed by atoms with van der Waals surface area (Å²) in [4.78, 5) is 0. The first-order valence-electron chi connectivity index (χ1n) is 4.30. The fourth-order valence-corrected chi connectivity index (χ4v) is 1.29. The van der Waals surface area contributed by atoms with Gasteiger partial charge in [0.15, 0.2) is 0 Å². The quantitative estimate of drug-likeness (QED) is 0.643. The van der Waals surface area contributed by atoms with E-state index in [1.165, 1.54) is 6.42 Å². The van der Waals surface area contributed by atoms with E-state index in [1.807, 2.05) is 13.0 Å². The summed E-state index contributed by atoms with van der Waals surface area (Å²) in [6, 6.07) is 0. The van der Waals surface area contributed by atoms with Gasteiger partial charge in [-0.3, -0.25) is 0 Å². The molecule has 1 aliphatic rings. The number of hydrogen-bond acceptors (Lipinski definition) is 1. The number of hydrogen-bond donors (Lipinski definition) is 1. The van der Waals surface area contributed by atoms with E-state index >= 15 is 0 Å². The summed E-state index contributed by atoms with van der Waals surface area (Å²) >= 11 is 0. The topological polar surface area (TPSA) is 20.2 Å². The first-order chi connectivity index (χ1) is 5.24. The Hall–Kier alpha value is -0.560. The van der Waals surface area contributed by atoms with Gasteiger partial charge < -0.3 is 5.11 Å². The molecule has 0 bridgehead atoms. The normalized spacial score (nSPS) is 26.5. The molecule has 2 atom stereocenters. The molecule has 1 nitrogen and oxygen atoms in total. The minimum Gasteiger partial charge on any atom is -0.389 e. The van der Waals surface area contributed by atoms with Crippen LogP contribution in [0.4, 0.5) is 0 Å². The molecule has 0 saturated heterocycles. The Bertz CT molecular complexity index is 177. The van der Waals surface area contributed by atoms with E-state index in [-0.39, 0.29) is 6.10 Å². The van der Waals surface area contributed by atoms with Crippen LogP contribution in [0.1, 0.15) is 26.7 Å². The van der Waals surface area contributed by atoms with Crippen molar-refractivity contribution in [3.63, 3.8) is 0 Å². The summed E-state index contributed by atoms with van der Waals surface area (Å²) in [7, 11) is 0. The van der Waals surface area contributed by atoms with Crippen LogP contribution >= 0.6 is 0 Å². The minimum atomic E-state index is -0.302. The molecule has 1 rings (SSSR count).